The molecule has 0 aliphatic heterocycles. The Balaban J connectivity index is 1.64. The second kappa shape index (κ2) is 7.74. The van der Waals surface area contributed by atoms with Gasteiger partial charge in [0.2, 0.25) is 0 Å². The maximum Gasteiger partial charge on any atom is 0.254 e. The summed E-state index contributed by atoms with van der Waals surface area (Å²) in [5, 5.41) is 3.61. The molecular weight excluding hydrogens is 354 g/mol. The highest BCUT2D eigenvalue weighted by molar-refractivity contribution is 7.15. The minimum Gasteiger partial charge on any atom is -0.352 e. The Morgan fingerprint density at radius 3 is 2.69 bits per heavy atom. The van der Waals surface area contributed by atoms with Crippen LogP contribution in [0.15, 0.2) is 42.5 Å². The zero-order valence-corrected chi connectivity index (χ0v) is 15.3. The summed E-state index contributed by atoms with van der Waals surface area (Å²) in [5.41, 5.74) is 3.01. The van der Waals surface area contributed by atoms with Crippen LogP contribution in [0.3, 0.4) is 0 Å². The van der Waals surface area contributed by atoms with Crippen molar-refractivity contribution in [2.45, 2.75) is 20.3 Å². The molecule has 1 N–H and O–H groups in total. The van der Waals surface area contributed by atoms with Crippen molar-refractivity contribution < 1.29 is 13.6 Å². The number of hydrogen-bond acceptors (Lipinski definition) is 3. The minimum absolute atomic E-state index is 0.159. The second-order valence-corrected chi connectivity index (χ2v) is 7.11. The molecule has 3 rings (SSSR count). The number of amides is 1. The fraction of sp³-hybridized carbons (Fsp3) is 0.200. The standard InChI is InChI=1S/C20H18F2N2OS/c1-12-4-3-5-14(10-12)20-24-13(2)18(26-20)8-9-23-19(25)16-7-6-15(21)11-17(16)22/h3-7,10-11H,8-9H2,1-2H3,(H,23,25). The summed E-state index contributed by atoms with van der Waals surface area (Å²) in [5.74, 6) is -2.12. The highest BCUT2D eigenvalue weighted by atomic mass is 32.1. The first kappa shape index (κ1) is 18.2. The van der Waals surface area contributed by atoms with E-state index in [4.69, 9.17) is 0 Å². The minimum atomic E-state index is -0.863. The lowest BCUT2D eigenvalue weighted by Crippen LogP contribution is -2.26. The van der Waals surface area contributed by atoms with Gasteiger partial charge in [0.05, 0.1) is 11.3 Å². The Bertz CT molecular complexity index is 953. The zero-order chi connectivity index (χ0) is 18.7. The summed E-state index contributed by atoms with van der Waals surface area (Å²) >= 11 is 1.59. The van der Waals surface area contributed by atoms with Gasteiger partial charge in [-0.2, -0.15) is 0 Å². The Morgan fingerprint density at radius 2 is 1.96 bits per heavy atom. The smallest absolute Gasteiger partial charge is 0.254 e. The van der Waals surface area contributed by atoms with Gasteiger partial charge in [-0.3, -0.25) is 4.79 Å². The summed E-state index contributed by atoms with van der Waals surface area (Å²) in [4.78, 5) is 17.7. The van der Waals surface area contributed by atoms with Crippen molar-refractivity contribution >= 4 is 17.2 Å². The van der Waals surface area contributed by atoms with Crippen LogP contribution < -0.4 is 5.32 Å². The highest BCUT2D eigenvalue weighted by Gasteiger charge is 2.13. The van der Waals surface area contributed by atoms with E-state index in [1.54, 1.807) is 11.3 Å². The number of aryl methyl sites for hydroxylation is 2. The van der Waals surface area contributed by atoms with Crippen molar-refractivity contribution in [1.29, 1.82) is 0 Å². The van der Waals surface area contributed by atoms with Gasteiger partial charge in [-0.15, -0.1) is 11.3 Å². The molecule has 6 heteroatoms. The lowest BCUT2D eigenvalue weighted by atomic mass is 10.1. The number of carbonyl (C=O) groups excluding carboxylic acids is 1. The van der Waals surface area contributed by atoms with E-state index in [-0.39, 0.29) is 5.56 Å². The van der Waals surface area contributed by atoms with Gasteiger partial charge in [0.25, 0.3) is 5.91 Å². The van der Waals surface area contributed by atoms with Gasteiger partial charge in [0.1, 0.15) is 16.6 Å². The fourth-order valence-electron chi connectivity index (χ4n) is 2.62. The molecule has 0 atom stereocenters. The number of aromatic nitrogens is 1. The molecule has 3 nitrogen and oxygen atoms in total. The zero-order valence-electron chi connectivity index (χ0n) is 14.5. The number of carbonyl (C=O) groups is 1. The van der Waals surface area contributed by atoms with Crippen LogP contribution in [0.1, 0.15) is 26.5 Å². The number of rotatable bonds is 5. The number of thiazole rings is 1. The maximum atomic E-state index is 13.6. The van der Waals surface area contributed by atoms with Crippen molar-refractivity contribution in [3.8, 4) is 10.6 Å². The predicted molar refractivity (Wildman–Crippen MR) is 99.4 cm³/mol. The van der Waals surface area contributed by atoms with Crippen LogP contribution in [0.2, 0.25) is 0 Å². The fourth-order valence-corrected chi connectivity index (χ4v) is 3.68. The Morgan fingerprint density at radius 1 is 1.15 bits per heavy atom. The molecular formula is C20H18F2N2OS. The van der Waals surface area contributed by atoms with Crippen molar-refractivity contribution in [2.24, 2.45) is 0 Å². The largest absolute Gasteiger partial charge is 0.352 e. The molecule has 0 spiro atoms. The first-order valence-electron chi connectivity index (χ1n) is 8.20. The topological polar surface area (TPSA) is 42.0 Å². The summed E-state index contributed by atoms with van der Waals surface area (Å²) < 4.78 is 26.5. The lowest BCUT2D eigenvalue weighted by Gasteiger charge is -2.05. The van der Waals surface area contributed by atoms with Crippen LogP contribution in [0, 0.1) is 25.5 Å². The van der Waals surface area contributed by atoms with Crippen LogP contribution >= 0.6 is 11.3 Å². The summed E-state index contributed by atoms with van der Waals surface area (Å²) in [6.07, 6.45) is 0.601. The number of hydrogen-bond donors (Lipinski definition) is 1. The molecule has 2 aromatic carbocycles. The maximum absolute atomic E-state index is 13.6. The van der Waals surface area contributed by atoms with E-state index < -0.39 is 17.5 Å². The Hall–Kier alpha value is -2.60. The van der Waals surface area contributed by atoms with Gasteiger partial charge in [-0.1, -0.05) is 23.8 Å². The molecule has 26 heavy (non-hydrogen) atoms. The molecule has 0 aliphatic rings. The third kappa shape index (κ3) is 4.14. The normalized spacial score (nSPS) is 10.8. The molecule has 1 heterocycles. The summed E-state index contributed by atoms with van der Waals surface area (Å²) in [7, 11) is 0. The summed E-state index contributed by atoms with van der Waals surface area (Å²) in [6, 6.07) is 11.1. The first-order valence-corrected chi connectivity index (χ1v) is 9.02. The molecule has 0 aliphatic carbocycles. The van der Waals surface area contributed by atoms with Gasteiger partial charge in [0, 0.05) is 29.5 Å². The molecule has 134 valence electrons. The number of nitrogens with zero attached hydrogens (tertiary/aromatic N) is 1. The van der Waals surface area contributed by atoms with Crippen LogP contribution in [0.25, 0.3) is 10.6 Å². The molecule has 0 saturated heterocycles. The molecule has 0 fully saturated rings. The molecule has 3 aromatic rings. The molecule has 0 radical (unpaired) electrons. The monoisotopic (exact) mass is 372 g/mol. The van der Waals surface area contributed by atoms with Gasteiger partial charge in [-0.25, -0.2) is 13.8 Å². The van der Waals surface area contributed by atoms with E-state index in [2.05, 4.69) is 16.4 Å². The highest BCUT2D eigenvalue weighted by Crippen LogP contribution is 2.28. The SMILES string of the molecule is Cc1cccc(-c2nc(C)c(CCNC(=O)c3ccc(F)cc3F)s2)c1. The van der Waals surface area contributed by atoms with E-state index >= 15 is 0 Å². The number of halogens is 2. The summed E-state index contributed by atoms with van der Waals surface area (Å²) in [6.45, 7) is 4.33. The molecule has 0 bridgehead atoms. The van der Waals surface area contributed by atoms with E-state index in [9.17, 15) is 13.6 Å². The van der Waals surface area contributed by atoms with E-state index in [1.165, 1.54) is 5.56 Å². The van der Waals surface area contributed by atoms with Crippen LogP contribution in [0.4, 0.5) is 8.78 Å². The van der Waals surface area contributed by atoms with Gasteiger partial charge < -0.3 is 5.32 Å². The average molecular weight is 372 g/mol. The van der Waals surface area contributed by atoms with Crippen molar-refractivity contribution in [3.63, 3.8) is 0 Å². The van der Waals surface area contributed by atoms with Crippen molar-refractivity contribution in [1.82, 2.24) is 10.3 Å². The van der Waals surface area contributed by atoms with E-state index in [0.717, 1.165) is 33.3 Å². The molecule has 1 amide bonds. The Kier molecular flexibility index (Phi) is 5.42. The van der Waals surface area contributed by atoms with Gasteiger partial charge in [0.15, 0.2) is 0 Å². The first-order chi connectivity index (χ1) is 12.4. The third-order valence-corrected chi connectivity index (χ3v) is 5.24. The molecule has 0 unspecified atom stereocenters. The second-order valence-electron chi connectivity index (χ2n) is 6.03. The average Bonchev–Trinajstić information content (AvgIpc) is 2.96. The molecule has 1 aromatic heterocycles. The third-order valence-electron chi connectivity index (χ3n) is 3.97. The van der Waals surface area contributed by atoms with Gasteiger partial charge >= 0.3 is 0 Å². The lowest BCUT2D eigenvalue weighted by molar-refractivity contribution is 0.0950. The van der Waals surface area contributed by atoms with Crippen molar-refractivity contribution in [3.05, 3.63) is 75.8 Å². The Labute approximate surface area is 154 Å². The number of nitrogens with one attached hydrogen (secondary N) is 1. The van der Waals surface area contributed by atoms with E-state index in [1.807, 2.05) is 32.0 Å². The molecule has 0 saturated carbocycles. The van der Waals surface area contributed by atoms with Crippen LogP contribution in [-0.2, 0) is 6.42 Å². The van der Waals surface area contributed by atoms with Crippen LogP contribution in [0.5, 0.6) is 0 Å². The van der Waals surface area contributed by atoms with Gasteiger partial charge in [-0.05, 0) is 32.0 Å². The predicted octanol–water partition coefficient (Wildman–Crippen LogP) is 4.68. The quantitative estimate of drug-likeness (QED) is 0.707. The number of benzene rings is 2. The van der Waals surface area contributed by atoms with E-state index in [0.29, 0.717) is 19.0 Å². The van der Waals surface area contributed by atoms with Crippen molar-refractivity contribution in [2.75, 3.05) is 6.54 Å². The van der Waals surface area contributed by atoms with Crippen LogP contribution in [-0.4, -0.2) is 17.4 Å².